The van der Waals surface area contributed by atoms with Crippen LogP contribution in [0.25, 0.3) is 0 Å². The number of hydrogen-bond acceptors (Lipinski definition) is 5. The predicted molar refractivity (Wildman–Crippen MR) is 82.7 cm³/mol. The maximum Gasteiger partial charge on any atom is 0.287 e. The molecule has 0 amide bonds. The number of anilines is 1. The van der Waals surface area contributed by atoms with Gasteiger partial charge in [0.05, 0.1) is 23.4 Å². The van der Waals surface area contributed by atoms with Gasteiger partial charge >= 0.3 is 0 Å². The lowest BCUT2D eigenvalue weighted by Crippen LogP contribution is -2.24. The summed E-state index contributed by atoms with van der Waals surface area (Å²) in [5.41, 5.74) is 1.25. The molecule has 0 aliphatic rings. The molecule has 2 rings (SSSR count). The highest BCUT2D eigenvalue weighted by atomic mass is 35.5. The lowest BCUT2D eigenvalue weighted by atomic mass is 10.4. The zero-order chi connectivity index (χ0) is 14.5. The minimum absolute atomic E-state index is 0.150. The molecule has 0 saturated carbocycles. The van der Waals surface area contributed by atoms with Crippen molar-refractivity contribution in [2.45, 2.75) is 19.9 Å². The summed E-state index contributed by atoms with van der Waals surface area (Å²) in [5.74, 6) is 0. The Hall–Kier alpha value is -1.66. The zero-order valence-electron chi connectivity index (χ0n) is 11.1. The topological polar surface area (TPSA) is 59.8 Å². The molecule has 0 aromatic carbocycles. The van der Waals surface area contributed by atoms with Crippen molar-refractivity contribution in [1.29, 1.82) is 0 Å². The zero-order valence-corrected chi connectivity index (χ0v) is 12.7. The van der Waals surface area contributed by atoms with Gasteiger partial charge in [0.2, 0.25) is 0 Å². The molecule has 0 radical (unpaired) electrons. The van der Waals surface area contributed by atoms with Gasteiger partial charge in [-0.3, -0.25) is 4.79 Å². The van der Waals surface area contributed by atoms with Crippen LogP contribution in [-0.2, 0) is 13.0 Å². The Labute approximate surface area is 125 Å². The SMILES string of the molecule is C=CCn1ncc(NCCc2nc(C)cs2)c(Cl)c1=O. The van der Waals surface area contributed by atoms with Crippen molar-refractivity contribution in [3.8, 4) is 0 Å². The third kappa shape index (κ3) is 3.46. The number of hydrogen-bond donors (Lipinski definition) is 1. The van der Waals surface area contributed by atoms with E-state index in [-0.39, 0.29) is 10.6 Å². The summed E-state index contributed by atoms with van der Waals surface area (Å²) in [4.78, 5) is 16.3. The average molecular weight is 311 g/mol. The van der Waals surface area contributed by atoms with E-state index >= 15 is 0 Å². The highest BCUT2D eigenvalue weighted by molar-refractivity contribution is 7.09. The van der Waals surface area contributed by atoms with E-state index in [0.717, 1.165) is 17.1 Å². The molecule has 0 unspecified atom stereocenters. The van der Waals surface area contributed by atoms with Gasteiger partial charge in [-0.2, -0.15) is 5.10 Å². The molecule has 0 saturated heterocycles. The van der Waals surface area contributed by atoms with Gasteiger partial charge in [-0.15, -0.1) is 17.9 Å². The summed E-state index contributed by atoms with van der Waals surface area (Å²) >= 11 is 7.66. The highest BCUT2D eigenvalue weighted by Crippen LogP contribution is 2.16. The first kappa shape index (κ1) is 14.7. The Balaban J connectivity index is 2.01. The minimum atomic E-state index is -0.318. The number of aromatic nitrogens is 3. The normalized spacial score (nSPS) is 10.5. The van der Waals surface area contributed by atoms with E-state index in [4.69, 9.17) is 11.6 Å². The fourth-order valence-corrected chi connectivity index (χ4v) is 2.65. The Bertz CT molecular complexity index is 665. The van der Waals surface area contributed by atoms with Gasteiger partial charge in [0.1, 0.15) is 5.02 Å². The molecule has 20 heavy (non-hydrogen) atoms. The van der Waals surface area contributed by atoms with Crippen LogP contribution in [0.3, 0.4) is 0 Å². The van der Waals surface area contributed by atoms with Crippen molar-refractivity contribution in [2.24, 2.45) is 0 Å². The second kappa shape index (κ2) is 6.67. The van der Waals surface area contributed by atoms with E-state index in [9.17, 15) is 4.79 Å². The number of halogens is 1. The molecule has 0 atom stereocenters. The molecule has 2 heterocycles. The van der Waals surface area contributed by atoms with Crippen molar-refractivity contribution in [3.05, 3.63) is 50.3 Å². The van der Waals surface area contributed by atoms with Crippen molar-refractivity contribution in [1.82, 2.24) is 14.8 Å². The number of rotatable bonds is 6. The first-order chi connectivity index (χ1) is 9.61. The van der Waals surface area contributed by atoms with Crippen LogP contribution < -0.4 is 10.9 Å². The van der Waals surface area contributed by atoms with Crippen LogP contribution in [0.5, 0.6) is 0 Å². The van der Waals surface area contributed by atoms with E-state index in [1.165, 1.54) is 4.68 Å². The Morgan fingerprint density at radius 2 is 2.40 bits per heavy atom. The quantitative estimate of drug-likeness (QED) is 0.833. The maximum atomic E-state index is 11.9. The molecule has 2 aromatic heterocycles. The molecule has 0 aliphatic heterocycles. The fraction of sp³-hybridized carbons (Fsp3) is 0.308. The smallest absolute Gasteiger partial charge is 0.287 e. The van der Waals surface area contributed by atoms with E-state index in [0.29, 0.717) is 18.8 Å². The van der Waals surface area contributed by atoms with Crippen molar-refractivity contribution < 1.29 is 0 Å². The molecule has 5 nitrogen and oxygen atoms in total. The first-order valence-electron chi connectivity index (χ1n) is 6.13. The molecule has 0 aliphatic carbocycles. The predicted octanol–water partition coefficient (Wildman–Crippen LogP) is 2.50. The standard InChI is InChI=1S/C13H15ClN4OS/c1-3-6-18-13(19)12(14)10(7-16-18)15-5-4-11-17-9(2)8-20-11/h3,7-8,15H,1,4-6H2,2H3. The van der Waals surface area contributed by atoms with Crippen molar-refractivity contribution in [3.63, 3.8) is 0 Å². The molecular weight excluding hydrogens is 296 g/mol. The van der Waals surface area contributed by atoms with Gasteiger partial charge in [0, 0.05) is 24.0 Å². The van der Waals surface area contributed by atoms with E-state index in [2.05, 4.69) is 22.0 Å². The molecule has 2 aromatic rings. The summed E-state index contributed by atoms with van der Waals surface area (Å²) in [6.07, 6.45) is 3.94. The first-order valence-corrected chi connectivity index (χ1v) is 7.39. The monoisotopic (exact) mass is 310 g/mol. The average Bonchev–Trinajstić information content (AvgIpc) is 2.84. The third-order valence-corrected chi connectivity index (χ3v) is 4.00. The third-order valence-electron chi connectivity index (χ3n) is 2.61. The number of allylic oxidation sites excluding steroid dienone is 1. The summed E-state index contributed by atoms with van der Waals surface area (Å²) in [6.45, 7) is 6.53. The summed E-state index contributed by atoms with van der Waals surface area (Å²) in [7, 11) is 0. The van der Waals surface area contributed by atoms with Crippen molar-refractivity contribution >= 4 is 28.6 Å². The summed E-state index contributed by atoms with van der Waals surface area (Å²) in [6, 6.07) is 0. The second-order valence-electron chi connectivity index (χ2n) is 4.21. The van der Waals surface area contributed by atoms with Crippen LogP contribution in [0.1, 0.15) is 10.7 Å². The second-order valence-corrected chi connectivity index (χ2v) is 5.53. The Morgan fingerprint density at radius 1 is 1.60 bits per heavy atom. The number of nitrogens with one attached hydrogen (secondary N) is 1. The largest absolute Gasteiger partial charge is 0.382 e. The number of aryl methyl sites for hydroxylation is 1. The van der Waals surface area contributed by atoms with Crippen LogP contribution in [0, 0.1) is 6.92 Å². The molecule has 0 fully saturated rings. The molecular formula is C13H15ClN4OS. The molecule has 1 N–H and O–H groups in total. The number of thiazole rings is 1. The van der Waals surface area contributed by atoms with Crippen LogP contribution >= 0.6 is 22.9 Å². The fourth-order valence-electron chi connectivity index (χ4n) is 1.66. The van der Waals surface area contributed by atoms with Gasteiger partial charge in [-0.25, -0.2) is 9.67 Å². The van der Waals surface area contributed by atoms with Crippen LogP contribution in [0.15, 0.2) is 29.0 Å². The van der Waals surface area contributed by atoms with Gasteiger partial charge in [0.15, 0.2) is 0 Å². The Kier molecular flexibility index (Phi) is 4.92. The minimum Gasteiger partial charge on any atom is -0.382 e. The highest BCUT2D eigenvalue weighted by Gasteiger charge is 2.08. The van der Waals surface area contributed by atoms with Gasteiger partial charge in [-0.1, -0.05) is 17.7 Å². The molecule has 0 spiro atoms. The molecule has 0 bridgehead atoms. The molecule has 7 heteroatoms. The van der Waals surface area contributed by atoms with E-state index in [1.807, 2.05) is 12.3 Å². The Morgan fingerprint density at radius 3 is 3.05 bits per heavy atom. The van der Waals surface area contributed by atoms with E-state index < -0.39 is 0 Å². The lowest BCUT2D eigenvalue weighted by Gasteiger charge is -2.08. The van der Waals surface area contributed by atoms with E-state index in [1.54, 1.807) is 23.6 Å². The van der Waals surface area contributed by atoms with Crippen LogP contribution in [-0.4, -0.2) is 21.3 Å². The maximum absolute atomic E-state index is 11.9. The lowest BCUT2D eigenvalue weighted by molar-refractivity contribution is 0.653. The van der Waals surface area contributed by atoms with Gasteiger partial charge in [0.25, 0.3) is 5.56 Å². The van der Waals surface area contributed by atoms with Crippen LogP contribution in [0.4, 0.5) is 5.69 Å². The molecule has 106 valence electrons. The van der Waals surface area contributed by atoms with Crippen molar-refractivity contribution in [2.75, 3.05) is 11.9 Å². The summed E-state index contributed by atoms with van der Waals surface area (Å²) < 4.78 is 1.27. The summed E-state index contributed by atoms with van der Waals surface area (Å²) in [5, 5.41) is 10.4. The van der Waals surface area contributed by atoms with Crippen LogP contribution in [0.2, 0.25) is 5.02 Å². The van der Waals surface area contributed by atoms with Gasteiger partial charge < -0.3 is 5.32 Å². The van der Waals surface area contributed by atoms with Gasteiger partial charge in [-0.05, 0) is 6.92 Å². The number of nitrogens with zero attached hydrogens (tertiary/aromatic N) is 3.